The normalized spacial score (nSPS) is 11.8. The average molecular weight is 316 g/mol. The molecule has 0 aliphatic heterocycles. The second-order valence-electron chi connectivity index (χ2n) is 3.91. The molecule has 18 heavy (non-hydrogen) atoms. The lowest BCUT2D eigenvalue weighted by Crippen LogP contribution is -2.22. The lowest BCUT2D eigenvalue weighted by atomic mass is 10.2. The highest BCUT2D eigenvalue weighted by molar-refractivity contribution is 9.10. The zero-order valence-corrected chi connectivity index (χ0v) is 12.4. The van der Waals surface area contributed by atoms with Crippen LogP contribution in [0.25, 0.3) is 0 Å². The molecule has 5 heteroatoms. The Morgan fingerprint density at radius 3 is 2.78 bits per heavy atom. The van der Waals surface area contributed by atoms with Crippen molar-refractivity contribution in [1.82, 2.24) is 0 Å². The second kappa shape index (κ2) is 7.26. The van der Waals surface area contributed by atoms with Crippen LogP contribution in [0.2, 0.25) is 0 Å². The minimum absolute atomic E-state index is 0.185. The van der Waals surface area contributed by atoms with Gasteiger partial charge in [-0.3, -0.25) is 4.79 Å². The summed E-state index contributed by atoms with van der Waals surface area (Å²) in [5.74, 6) is 0.387. The molecule has 4 nitrogen and oxygen atoms in total. The maximum Gasteiger partial charge on any atom is 0.310 e. The highest BCUT2D eigenvalue weighted by atomic mass is 79.9. The first kappa shape index (κ1) is 14.8. The Labute approximate surface area is 116 Å². The van der Waals surface area contributed by atoms with Crippen LogP contribution in [0.3, 0.4) is 0 Å². The van der Waals surface area contributed by atoms with Gasteiger partial charge in [-0.05, 0) is 19.1 Å². The van der Waals surface area contributed by atoms with E-state index in [1.807, 2.05) is 25.1 Å². The molecule has 0 bridgehead atoms. The number of carbonyl (C=O) groups excluding carboxylic acids is 1. The summed E-state index contributed by atoms with van der Waals surface area (Å²) in [5.41, 5.74) is 0.900. The number of anilines is 1. The predicted octanol–water partition coefficient (Wildman–Crippen LogP) is 3.07. The van der Waals surface area contributed by atoms with E-state index in [0.717, 1.165) is 15.9 Å². The lowest BCUT2D eigenvalue weighted by molar-refractivity contribution is -0.146. The topological polar surface area (TPSA) is 47.6 Å². The largest absolute Gasteiger partial charge is 0.497 e. The molecule has 0 spiro atoms. The molecule has 1 unspecified atom stereocenters. The van der Waals surface area contributed by atoms with E-state index in [1.165, 1.54) is 0 Å². The molecule has 1 aromatic carbocycles. The molecule has 1 rings (SSSR count). The van der Waals surface area contributed by atoms with Crippen LogP contribution in [0.15, 0.2) is 22.7 Å². The maximum absolute atomic E-state index is 11.5. The van der Waals surface area contributed by atoms with Crippen molar-refractivity contribution in [3.63, 3.8) is 0 Å². The highest BCUT2D eigenvalue weighted by Gasteiger charge is 2.13. The van der Waals surface area contributed by atoms with Crippen molar-refractivity contribution < 1.29 is 14.3 Å². The molecule has 0 radical (unpaired) electrons. The Bertz CT molecular complexity index is 409. The van der Waals surface area contributed by atoms with Gasteiger partial charge in [0, 0.05) is 22.8 Å². The van der Waals surface area contributed by atoms with E-state index in [-0.39, 0.29) is 11.9 Å². The fourth-order valence-electron chi connectivity index (χ4n) is 1.42. The smallest absolute Gasteiger partial charge is 0.310 e. The molecule has 0 fully saturated rings. The molecule has 1 aromatic rings. The van der Waals surface area contributed by atoms with E-state index < -0.39 is 0 Å². The molecular formula is C13H18BrNO3. The minimum Gasteiger partial charge on any atom is -0.497 e. The number of hydrogen-bond acceptors (Lipinski definition) is 4. The van der Waals surface area contributed by atoms with Crippen LogP contribution in [-0.2, 0) is 9.53 Å². The first-order valence-electron chi connectivity index (χ1n) is 5.82. The molecule has 0 heterocycles. The van der Waals surface area contributed by atoms with Gasteiger partial charge in [0.25, 0.3) is 0 Å². The zero-order chi connectivity index (χ0) is 13.5. The van der Waals surface area contributed by atoms with Gasteiger partial charge >= 0.3 is 5.97 Å². The van der Waals surface area contributed by atoms with E-state index in [9.17, 15) is 4.79 Å². The van der Waals surface area contributed by atoms with E-state index >= 15 is 0 Å². The first-order valence-corrected chi connectivity index (χ1v) is 6.61. The van der Waals surface area contributed by atoms with E-state index in [0.29, 0.717) is 13.2 Å². The molecule has 0 amide bonds. The van der Waals surface area contributed by atoms with Gasteiger partial charge in [0.1, 0.15) is 5.75 Å². The Balaban J connectivity index is 2.57. The Kier molecular flexibility index (Phi) is 5.98. The summed E-state index contributed by atoms with van der Waals surface area (Å²) in [6.45, 7) is 4.57. The lowest BCUT2D eigenvalue weighted by Gasteiger charge is -2.13. The third kappa shape index (κ3) is 4.56. The zero-order valence-electron chi connectivity index (χ0n) is 10.8. The first-order chi connectivity index (χ1) is 8.56. The number of carbonyl (C=O) groups is 1. The van der Waals surface area contributed by atoms with Gasteiger partial charge in [-0.25, -0.2) is 0 Å². The van der Waals surface area contributed by atoms with Gasteiger partial charge in [0.15, 0.2) is 0 Å². The van der Waals surface area contributed by atoms with Crippen LogP contribution in [0.1, 0.15) is 13.8 Å². The average Bonchev–Trinajstić information content (AvgIpc) is 2.35. The monoisotopic (exact) mass is 315 g/mol. The summed E-state index contributed by atoms with van der Waals surface area (Å²) in [4.78, 5) is 11.5. The minimum atomic E-state index is -0.188. The van der Waals surface area contributed by atoms with E-state index in [4.69, 9.17) is 9.47 Å². The van der Waals surface area contributed by atoms with Crippen molar-refractivity contribution in [1.29, 1.82) is 0 Å². The van der Waals surface area contributed by atoms with Gasteiger partial charge in [0.05, 0.1) is 19.6 Å². The molecule has 1 atom stereocenters. The van der Waals surface area contributed by atoms with Crippen LogP contribution >= 0.6 is 15.9 Å². The molecule has 0 saturated carbocycles. The molecule has 100 valence electrons. The quantitative estimate of drug-likeness (QED) is 0.820. The number of methoxy groups -OCH3 is 1. The number of benzene rings is 1. The summed E-state index contributed by atoms with van der Waals surface area (Å²) in [6.07, 6.45) is 0. The van der Waals surface area contributed by atoms with Gasteiger partial charge in [-0.2, -0.15) is 0 Å². The van der Waals surface area contributed by atoms with Crippen molar-refractivity contribution in [3.05, 3.63) is 22.7 Å². The van der Waals surface area contributed by atoms with Crippen molar-refractivity contribution >= 4 is 27.6 Å². The highest BCUT2D eigenvalue weighted by Crippen LogP contribution is 2.24. The second-order valence-corrected chi connectivity index (χ2v) is 4.83. The predicted molar refractivity (Wildman–Crippen MR) is 75.0 cm³/mol. The Morgan fingerprint density at radius 2 is 2.17 bits per heavy atom. The molecule has 0 aliphatic rings. The number of halogens is 1. The molecule has 0 saturated heterocycles. The van der Waals surface area contributed by atoms with Crippen LogP contribution in [0, 0.1) is 5.92 Å². The summed E-state index contributed by atoms with van der Waals surface area (Å²) < 4.78 is 11.0. The number of hydrogen-bond donors (Lipinski definition) is 1. The van der Waals surface area contributed by atoms with Crippen molar-refractivity contribution in [2.24, 2.45) is 5.92 Å². The summed E-state index contributed by atoms with van der Waals surface area (Å²) in [6, 6.07) is 5.68. The number of ether oxygens (including phenoxy) is 2. The van der Waals surface area contributed by atoms with Gasteiger partial charge < -0.3 is 14.8 Å². The molecule has 0 aliphatic carbocycles. The van der Waals surface area contributed by atoms with Gasteiger partial charge in [-0.1, -0.05) is 22.9 Å². The Hall–Kier alpha value is -1.23. The van der Waals surface area contributed by atoms with Crippen molar-refractivity contribution in [2.75, 3.05) is 25.6 Å². The fraction of sp³-hybridized carbons (Fsp3) is 0.462. The third-order valence-corrected chi connectivity index (χ3v) is 2.87. The molecular weight excluding hydrogens is 298 g/mol. The van der Waals surface area contributed by atoms with Crippen LogP contribution in [0.4, 0.5) is 5.69 Å². The van der Waals surface area contributed by atoms with E-state index in [2.05, 4.69) is 21.2 Å². The number of nitrogens with one attached hydrogen (secondary N) is 1. The van der Waals surface area contributed by atoms with Crippen LogP contribution in [0.5, 0.6) is 5.75 Å². The summed E-state index contributed by atoms with van der Waals surface area (Å²) in [5, 5.41) is 3.19. The van der Waals surface area contributed by atoms with Crippen molar-refractivity contribution in [3.8, 4) is 5.75 Å². The van der Waals surface area contributed by atoms with Gasteiger partial charge in [-0.15, -0.1) is 0 Å². The summed E-state index contributed by atoms with van der Waals surface area (Å²) >= 11 is 3.40. The van der Waals surface area contributed by atoms with E-state index in [1.54, 1.807) is 14.0 Å². The third-order valence-electron chi connectivity index (χ3n) is 2.41. The number of rotatable bonds is 6. The SMILES string of the molecule is CCOC(=O)C(C)CNc1cc(Br)cc(OC)c1. The Morgan fingerprint density at radius 1 is 1.44 bits per heavy atom. The van der Waals surface area contributed by atoms with Crippen molar-refractivity contribution in [2.45, 2.75) is 13.8 Å². The van der Waals surface area contributed by atoms with Crippen LogP contribution in [-0.4, -0.2) is 26.2 Å². The standard InChI is InChI=1S/C13H18BrNO3/c1-4-18-13(16)9(2)8-15-11-5-10(14)6-12(7-11)17-3/h5-7,9,15H,4,8H2,1-3H3. The summed E-state index contributed by atoms with van der Waals surface area (Å²) in [7, 11) is 1.62. The van der Waals surface area contributed by atoms with Gasteiger partial charge in [0.2, 0.25) is 0 Å². The maximum atomic E-state index is 11.5. The number of esters is 1. The molecule has 1 N–H and O–H groups in total. The molecule has 0 aromatic heterocycles. The van der Waals surface area contributed by atoms with Crippen LogP contribution < -0.4 is 10.1 Å². The fourth-order valence-corrected chi connectivity index (χ4v) is 1.89.